The summed E-state index contributed by atoms with van der Waals surface area (Å²) in [7, 11) is 0. The molecule has 0 saturated heterocycles. The van der Waals surface area contributed by atoms with Crippen LogP contribution in [-0.2, 0) is 6.54 Å². The van der Waals surface area contributed by atoms with Crippen LogP contribution in [0.4, 0.5) is 16.2 Å². The van der Waals surface area contributed by atoms with E-state index in [1.165, 1.54) is 11.1 Å². The monoisotopic (exact) mass is 392 g/mol. The molecule has 0 aliphatic carbocycles. The highest BCUT2D eigenvalue weighted by Crippen LogP contribution is 2.32. The van der Waals surface area contributed by atoms with Crippen LogP contribution >= 0.6 is 0 Å². The van der Waals surface area contributed by atoms with E-state index in [1.54, 1.807) is 18.2 Å². The van der Waals surface area contributed by atoms with Crippen molar-refractivity contribution in [3.8, 4) is 11.5 Å². The van der Waals surface area contributed by atoms with Gasteiger partial charge in [-0.1, -0.05) is 29.8 Å². The number of hydrogen-bond acceptors (Lipinski definition) is 4. The Morgan fingerprint density at radius 3 is 2.62 bits per heavy atom. The van der Waals surface area contributed by atoms with Crippen molar-refractivity contribution in [2.24, 2.45) is 0 Å². The Balaban J connectivity index is 1.46. The number of urea groups is 1. The lowest BCUT2D eigenvalue weighted by atomic mass is 10.1. The van der Waals surface area contributed by atoms with Crippen LogP contribution in [0.2, 0.25) is 0 Å². The minimum atomic E-state index is -0.331. The second-order valence-corrected chi connectivity index (χ2v) is 7.13. The van der Waals surface area contributed by atoms with Crippen LogP contribution < -0.4 is 20.1 Å². The van der Waals surface area contributed by atoms with Gasteiger partial charge in [0.2, 0.25) is 0 Å². The molecule has 0 bridgehead atoms. The van der Waals surface area contributed by atoms with Crippen LogP contribution in [0.3, 0.4) is 0 Å². The lowest BCUT2D eigenvalue weighted by Gasteiger charge is -2.19. The normalized spacial score (nSPS) is 12.5. The van der Waals surface area contributed by atoms with E-state index < -0.39 is 0 Å². The summed E-state index contributed by atoms with van der Waals surface area (Å²) in [6.45, 7) is 7.60. The van der Waals surface area contributed by atoms with Crippen LogP contribution in [0.25, 0.3) is 0 Å². The largest absolute Gasteiger partial charge is 0.486 e. The van der Waals surface area contributed by atoms with Crippen LogP contribution in [0.15, 0.2) is 42.5 Å². The number of carbonyl (C=O) groups excluding carboxylic acids is 1. The van der Waals surface area contributed by atoms with Gasteiger partial charge in [-0.3, -0.25) is 4.68 Å². The van der Waals surface area contributed by atoms with E-state index in [0.29, 0.717) is 42.6 Å². The first kappa shape index (κ1) is 18.9. The number of nitrogens with zero attached hydrogens (tertiary/aromatic N) is 2. The molecule has 0 spiro atoms. The zero-order valence-corrected chi connectivity index (χ0v) is 16.8. The summed E-state index contributed by atoms with van der Waals surface area (Å²) in [6.07, 6.45) is 0. The molecule has 7 nitrogen and oxygen atoms in total. The number of amides is 2. The first-order valence-electron chi connectivity index (χ1n) is 9.57. The lowest BCUT2D eigenvalue weighted by molar-refractivity contribution is 0.171. The fourth-order valence-corrected chi connectivity index (χ4v) is 3.41. The highest BCUT2D eigenvalue weighted by Gasteiger charge is 2.16. The fourth-order valence-electron chi connectivity index (χ4n) is 3.41. The first-order valence-corrected chi connectivity index (χ1v) is 9.57. The number of rotatable bonds is 4. The minimum absolute atomic E-state index is 0.331. The van der Waals surface area contributed by atoms with Crippen molar-refractivity contribution >= 4 is 17.4 Å². The molecule has 1 aliphatic rings. The smallest absolute Gasteiger partial charge is 0.323 e. The van der Waals surface area contributed by atoms with Crippen molar-refractivity contribution in [1.82, 2.24) is 9.78 Å². The van der Waals surface area contributed by atoms with E-state index >= 15 is 0 Å². The van der Waals surface area contributed by atoms with Crippen LogP contribution in [0.5, 0.6) is 11.5 Å². The lowest BCUT2D eigenvalue weighted by Crippen LogP contribution is -2.21. The molecule has 3 aromatic rings. The number of aryl methyl sites for hydroxylation is 2. The Morgan fingerprint density at radius 2 is 1.83 bits per heavy atom. The molecular weight excluding hydrogens is 368 g/mol. The molecule has 0 atom stereocenters. The van der Waals surface area contributed by atoms with E-state index in [-0.39, 0.29) is 6.03 Å². The average molecular weight is 392 g/mol. The number of aromatic nitrogens is 2. The third-order valence-corrected chi connectivity index (χ3v) is 4.83. The Bertz CT molecular complexity index is 1060. The maximum atomic E-state index is 12.5. The topological polar surface area (TPSA) is 77.4 Å². The van der Waals surface area contributed by atoms with Crippen molar-refractivity contribution in [1.29, 1.82) is 0 Å². The Kier molecular flexibility index (Phi) is 5.12. The van der Waals surface area contributed by atoms with Gasteiger partial charge < -0.3 is 20.1 Å². The second kappa shape index (κ2) is 7.87. The number of anilines is 2. The molecule has 0 radical (unpaired) electrons. The summed E-state index contributed by atoms with van der Waals surface area (Å²) in [5.41, 5.74) is 5.40. The fraction of sp³-hybridized carbons (Fsp3) is 0.273. The van der Waals surface area contributed by atoms with Crippen molar-refractivity contribution < 1.29 is 14.3 Å². The molecule has 2 heterocycles. The van der Waals surface area contributed by atoms with Gasteiger partial charge in [0.25, 0.3) is 0 Å². The standard InChI is InChI=1S/C22H24N4O3/c1-14-5-4-6-17(11-14)13-26-16(3)21(15(2)25-26)24-22(27)23-18-7-8-19-20(12-18)29-10-9-28-19/h4-8,11-12H,9-10,13H2,1-3H3,(H2,23,24,27). The van der Waals surface area contributed by atoms with Gasteiger partial charge in [-0.15, -0.1) is 0 Å². The third-order valence-electron chi connectivity index (χ3n) is 4.83. The molecule has 7 heteroatoms. The van der Waals surface area contributed by atoms with E-state index in [2.05, 4.69) is 40.9 Å². The molecule has 0 unspecified atom stereocenters. The van der Waals surface area contributed by atoms with Gasteiger partial charge in [-0.2, -0.15) is 5.10 Å². The highest BCUT2D eigenvalue weighted by atomic mass is 16.6. The second-order valence-electron chi connectivity index (χ2n) is 7.13. The average Bonchev–Trinajstić information content (AvgIpc) is 2.95. The van der Waals surface area contributed by atoms with Gasteiger partial charge in [-0.05, 0) is 38.5 Å². The summed E-state index contributed by atoms with van der Waals surface area (Å²) >= 11 is 0. The summed E-state index contributed by atoms with van der Waals surface area (Å²) in [5.74, 6) is 1.32. The van der Waals surface area contributed by atoms with E-state index in [4.69, 9.17) is 9.47 Å². The molecule has 2 amide bonds. The number of fused-ring (bicyclic) bond motifs is 1. The molecule has 0 saturated carbocycles. The number of carbonyl (C=O) groups is 1. The molecule has 29 heavy (non-hydrogen) atoms. The van der Waals surface area contributed by atoms with Gasteiger partial charge in [0.15, 0.2) is 11.5 Å². The molecule has 1 aliphatic heterocycles. The van der Waals surface area contributed by atoms with E-state index in [1.807, 2.05) is 24.6 Å². The number of ether oxygens (including phenoxy) is 2. The predicted molar refractivity (Wildman–Crippen MR) is 112 cm³/mol. The van der Waals surface area contributed by atoms with E-state index in [9.17, 15) is 4.79 Å². The maximum Gasteiger partial charge on any atom is 0.323 e. The Hall–Kier alpha value is -3.48. The number of hydrogen-bond donors (Lipinski definition) is 2. The SMILES string of the molecule is Cc1cccc(Cn2nc(C)c(NC(=O)Nc3ccc4c(c3)OCCO4)c2C)c1. The van der Waals surface area contributed by atoms with Gasteiger partial charge in [0.05, 0.1) is 23.6 Å². The summed E-state index contributed by atoms with van der Waals surface area (Å²) in [4.78, 5) is 12.5. The number of nitrogens with one attached hydrogen (secondary N) is 2. The molecule has 1 aromatic heterocycles. The van der Waals surface area contributed by atoms with Crippen LogP contribution in [-0.4, -0.2) is 29.0 Å². The van der Waals surface area contributed by atoms with Gasteiger partial charge in [-0.25, -0.2) is 4.79 Å². The van der Waals surface area contributed by atoms with Crippen molar-refractivity contribution in [2.45, 2.75) is 27.3 Å². The van der Waals surface area contributed by atoms with Gasteiger partial charge in [0.1, 0.15) is 13.2 Å². The van der Waals surface area contributed by atoms with E-state index in [0.717, 1.165) is 11.4 Å². The summed E-state index contributed by atoms with van der Waals surface area (Å²) < 4.78 is 13.0. The summed E-state index contributed by atoms with van der Waals surface area (Å²) in [6, 6.07) is 13.3. The maximum absolute atomic E-state index is 12.5. The number of benzene rings is 2. The van der Waals surface area contributed by atoms with Crippen molar-refractivity contribution in [3.05, 3.63) is 65.0 Å². The molecule has 4 rings (SSSR count). The molecular formula is C22H24N4O3. The quantitative estimate of drug-likeness (QED) is 0.695. The van der Waals surface area contributed by atoms with Gasteiger partial charge >= 0.3 is 6.03 Å². The highest BCUT2D eigenvalue weighted by molar-refractivity contribution is 6.00. The minimum Gasteiger partial charge on any atom is -0.486 e. The Morgan fingerprint density at radius 1 is 1.03 bits per heavy atom. The Labute approximate surface area is 169 Å². The van der Waals surface area contributed by atoms with Gasteiger partial charge in [0, 0.05) is 11.8 Å². The first-order chi connectivity index (χ1) is 14.0. The van der Waals surface area contributed by atoms with Crippen LogP contribution in [0, 0.1) is 20.8 Å². The zero-order chi connectivity index (χ0) is 20.4. The third kappa shape index (κ3) is 4.18. The van der Waals surface area contributed by atoms with Crippen molar-refractivity contribution in [3.63, 3.8) is 0 Å². The zero-order valence-electron chi connectivity index (χ0n) is 16.8. The molecule has 150 valence electrons. The predicted octanol–water partition coefficient (Wildman–Crippen LogP) is 4.27. The van der Waals surface area contributed by atoms with Crippen molar-refractivity contribution in [2.75, 3.05) is 23.8 Å². The molecule has 2 N–H and O–H groups in total. The molecule has 2 aromatic carbocycles. The summed E-state index contributed by atoms with van der Waals surface area (Å²) in [5, 5.41) is 10.3. The van der Waals surface area contributed by atoms with Crippen LogP contribution in [0.1, 0.15) is 22.5 Å². The molecule has 0 fully saturated rings.